The van der Waals surface area contributed by atoms with Crippen LogP contribution in [-0.4, -0.2) is 38.4 Å². The topological polar surface area (TPSA) is 61.8 Å². The summed E-state index contributed by atoms with van der Waals surface area (Å²) in [5.74, 6) is -1.11. The zero-order valence-corrected chi connectivity index (χ0v) is 11.2. The van der Waals surface area contributed by atoms with E-state index in [1.165, 1.54) is 7.11 Å². The number of rotatable bonds is 6. The summed E-state index contributed by atoms with van der Waals surface area (Å²) in [6.45, 7) is 7.69. The van der Waals surface area contributed by atoms with Crippen molar-refractivity contribution in [1.82, 2.24) is 0 Å². The molecule has 0 spiro atoms. The average Bonchev–Trinajstić information content (AvgIpc) is 2.22. The fourth-order valence-corrected chi connectivity index (χ4v) is 0.856. The summed E-state index contributed by atoms with van der Waals surface area (Å²) in [5.41, 5.74) is 0.113. The highest BCUT2D eigenvalue weighted by atomic mass is 16.6. The van der Waals surface area contributed by atoms with E-state index in [0.29, 0.717) is 6.61 Å². The summed E-state index contributed by atoms with van der Waals surface area (Å²) in [7, 11) is 1.40. The van der Waals surface area contributed by atoms with E-state index in [9.17, 15) is 9.59 Å². The van der Waals surface area contributed by atoms with Crippen molar-refractivity contribution < 1.29 is 23.8 Å². The van der Waals surface area contributed by atoms with Gasteiger partial charge in [0.2, 0.25) is 0 Å². The second-order valence-corrected chi connectivity index (χ2v) is 5.02. The molecule has 0 aliphatic rings. The molecule has 0 saturated carbocycles. The molecule has 1 atom stereocenters. The van der Waals surface area contributed by atoms with Crippen LogP contribution in [-0.2, 0) is 23.8 Å². The summed E-state index contributed by atoms with van der Waals surface area (Å²) >= 11 is 0. The molecule has 0 heterocycles. The maximum Gasteiger partial charge on any atom is 0.344 e. The summed E-state index contributed by atoms with van der Waals surface area (Å²) in [6, 6.07) is 0. The molecule has 0 rings (SSSR count). The van der Waals surface area contributed by atoms with E-state index < -0.39 is 18.0 Å². The molecule has 0 fully saturated rings. The Morgan fingerprint density at radius 1 is 1.18 bits per heavy atom. The predicted octanol–water partition coefficient (Wildman–Crippen LogP) is 1.54. The Balaban J connectivity index is 3.70. The first kappa shape index (κ1) is 15.9. The standard InChI is InChI=1S/C12H22O5/c1-9(15-5)11(14)17-8-10(13)16-7-6-12(2,3)4/h9H,6-8H2,1-5H3. The summed E-state index contributed by atoms with van der Waals surface area (Å²) in [6.07, 6.45) is 0.0959. The number of methoxy groups -OCH3 is 1. The van der Waals surface area contributed by atoms with E-state index in [1.54, 1.807) is 6.92 Å². The quantitative estimate of drug-likeness (QED) is 0.665. The van der Waals surface area contributed by atoms with E-state index >= 15 is 0 Å². The molecule has 5 nitrogen and oxygen atoms in total. The van der Waals surface area contributed by atoms with Crippen LogP contribution in [0.25, 0.3) is 0 Å². The van der Waals surface area contributed by atoms with Crippen LogP contribution in [0.4, 0.5) is 0 Å². The molecule has 0 amide bonds. The lowest BCUT2D eigenvalue weighted by atomic mass is 9.93. The van der Waals surface area contributed by atoms with Gasteiger partial charge in [0.15, 0.2) is 12.7 Å². The molecule has 0 aliphatic carbocycles. The van der Waals surface area contributed by atoms with Gasteiger partial charge in [-0.15, -0.1) is 0 Å². The second kappa shape index (κ2) is 7.27. The lowest BCUT2D eigenvalue weighted by Gasteiger charge is -2.17. The van der Waals surface area contributed by atoms with Crippen molar-refractivity contribution in [2.45, 2.75) is 40.2 Å². The van der Waals surface area contributed by atoms with Crippen molar-refractivity contribution >= 4 is 11.9 Å². The number of carbonyl (C=O) groups excluding carboxylic acids is 2. The van der Waals surface area contributed by atoms with Crippen LogP contribution < -0.4 is 0 Å². The molecular formula is C12H22O5. The molecule has 0 saturated heterocycles. The number of carbonyl (C=O) groups is 2. The zero-order valence-electron chi connectivity index (χ0n) is 11.2. The Morgan fingerprint density at radius 2 is 1.76 bits per heavy atom. The van der Waals surface area contributed by atoms with Gasteiger partial charge in [-0.25, -0.2) is 9.59 Å². The average molecular weight is 246 g/mol. The van der Waals surface area contributed by atoms with Crippen LogP contribution in [0.2, 0.25) is 0 Å². The number of hydrogen-bond acceptors (Lipinski definition) is 5. The van der Waals surface area contributed by atoms with Crippen LogP contribution in [0.3, 0.4) is 0 Å². The molecule has 17 heavy (non-hydrogen) atoms. The Morgan fingerprint density at radius 3 is 2.24 bits per heavy atom. The summed E-state index contributed by atoms with van der Waals surface area (Å²) < 4.78 is 14.4. The van der Waals surface area contributed by atoms with Crippen LogP contribution in [0, 0.1) is 5.41 Å². The second-order valence-electron chi connectivity index (χ2n) is 5.02. The molecule has 100 valence electrons. The van der Waals surface area contributed by atoms with Crippen LogP contribution in [0.5, 0.6) is 0 Å². The Labute approximate surface area is 102 Å². The number of hydrogen-bond donors (Lipinski definition) is 0. The molecule has 0 aromatic rings. The van der Waals surface area contributed by atoms with E-state index in [0.717, 1.165) is 6.42 Å². The first-order valence-corrected chi connectivity index (χ1v) is 5.61. The van der Waals surface area contributed by atoms with Gasteiger partial charge in [0, 0.05) is 7.11 Å². The maximum absolute atomic E-state index is 11.2. The first-order valence-electron chi connectivity index (χ1n) is 5.61. The normalized spacial score (nSPS) is 13.0. The molecule has 1 unspecified atom stereocenters. The van der Waals surface area contributed by atoms with Gasteiger partial charge in [-0.2, -0.15) is 0 Å². The fraction of sp³-hybridized carbons (Fsp3) is 0.833. The molecule has 0 aliphatic heterocycles. The molecule has 0 bridgehead atoms. The third-order valence-electron chi connectivity index (χ3n) is 2.13. The molecular weight excluding hydrogens is 224 g/mol. The molecule has 5 heteroatoms. The van der Waals surface area contributed by atoms with Gasteiger partial charge in [-0.05, 0) is 18.8 Å². The van der Waals surface area contributed by atoms with Crippen LogP contribution in [0.15, 0.2) is 0 Å². The molecule has 0 radical (unpaired) electrons. The lowest BCUT2D eigenvalue weighted by molar-refractivity contribution is -0.164. The molecule has 0 N–H and O–H groups in total. The highest BCUT2D eigenvalue weighted by molar-refractivity contribution is 5.78. The summed E-state index contributed by atoms with van der Waals surface area (Å²) in [5, 5.41) is 0. The Kier molecular flexibility index (Phi) is 6.80. The minimum absolute atomic E-state index is 0.113. The van der Waals surface area contributed by atoms with Gasteiger partial charge in [0.1, 0.15) is 0 Å². The van der Waals surface area contributed by atoms with Gasteiger partial charge in [-0.1, -0.05) is 20.8 Å². The third kappa shape index (κ3) is 8.68. The zero-order chi connectivity index (χ0) is 13.5. The summed E-state index contributed by atoms with van der Waals surface area (Å²) in [4.78, 5) is 22.4. The highest BCUT2D eigenvalue weighted by Crippen LogP contribution is 2.17. The van der Waals surface area contributed by atoms with Crippen molar-refractivity contribution in [3.8, 4) is 0 Å². The first-order chi connectivity index (χ1) is 7.76. The number of esters is 2. The van der Waals surface area contributed by atoms with Gasteiger partial charge in [-0.3, -0.25) is 0 Å². The van der Waals surface area contributed by atoms with Gasteiger partial charge in [0.05, 0.1) is 6.61 Å². The maximum atomic E-state index is 11.2. The lowest BCUT2D eigenvalue weighted by Crippen LogP contribution is -2.25. The smallest absolute Gasteiger partial charge is 0.344 e. The van der Waals surface area contributed by atoms with Crippen molar-refractivity contribution in [1.29, 1.82) is 0 Å². The van der Waals surface area contributed by atoms with Crippen LogP contribution >= 0.6 is 0 Å². The van der Waals surface area contributed by atoms with Crippen LogP contribution in [0.1, 0.15) is 34.1 Å². The minimum Gasteiger partial charge on any atom is -0.463 e. The highest BCUT2D eigenvalue weighted by Gasteiger charge is 2.16. The van der Waals surface area contributed by atoms with Gasteiger partial charge in [0.25, 0.3) is 0 Å². The molecule has 0 aromatic heterocycles. The Hall–Kier alpha value is -1.10. The van der Waals surface area contributed by atoms with Gasteiger partial charge >= 0.3 is 11.9 Å². The van der Waals surface area contributed by atoms with E-state index in [1.807, 2.05) is 0 Å². The van der Waals surface area contributed by atoms with E-state index in [2.05, 4.69) is 20.8 Å². The number of ether oxygens (including phenoxy) is 3. The minimum atomic E-state index is -0.669. The fourth-order valence-electron chi connectivity index (χ4n) is 0.856. The predicted molar refractivity (Wildman–Crippen MR) is 62.5 cm³/mol. The third-order valence-corrected chi connectivity index (χ3v) is 2.13. The van der Waals surface area contributed by atoms with Crippen molar-refractivity contribution in [3.63, 3.8) is 0 Å². The van der Waals surface area contributed by atoms with Crippen molar-refractivity contribution in [2.24, 2.45) is 5.41 Å². The SMILES string of the molecule is COC(C)C(=O)OCC(=O)OCCC(C)(C)C. The Bertz CT molecular complexity index is 254. The van der Waals surface area contributed by atoms with Gasteiger partial charge < -0.3 is 14.2 Å². The van der Waals surface area contributed by atoms with E-state index in [4.69, 9.17) is 14.2 Å². The van der Waals surface area contributed by atoms with E-state index in [-0.39, 0.29) is 12.0 Å². The largest absolute Gasteiger partial charge is 0.463 e. The monoisotopic (exact) mass is 246 g/mol. The van der Waals surface area contributed by atoms with Crippen molar-refractivity contribution in [2.75, 3.05) is 20.3 Å². The molecule has 0 aromatic carbocycles. The van der Waals surface area contributed by atoms with Crippen molar-refractivity contribution in [3.05, 3.63) is 0 Å².